The number of benzene rings is 3. The molecule has 0 unspecified atom stereocenters. The molecule has 4 heteroatoms. The van der Waals surface area contributed by atoms with Gasteiger partial charge in [-0.1, -0.05) is 48.0 Å². The SMILES string of the molecule is O=S1(=O)c2ccccc2-c2cc(-c3cccc(Cl)c3)ccc21. The lowest BCUT2D eigenvalue weighted by atomic mass is 9.99. The maximum Gasteiger partial charge on any atom is 0.207 e. The van der Waals surface area contributed by atoms with Crippen molar-refractivity contribution in [2.24, 2.45) is 0 Å². The van der Waals surface area contributed by atoms with Crippen LogP contribution in [-0.2, 0) is 9.84 Å². The normalized spacial score (nSPS) is 14.4. The van der Waals surface area contributed by atoms with Gasteiger partial charge in [0.1, 0.15) is 0 Å². The van der Waals surface area contributed by atoms with E-state index in [-0.39, 0.29) is 0 Å². The summed E-state index contributed by atoms with van der Waals surface area (Å²) in [7, 11) is -3.40. The van der Waals surface area contributed by atoms with E-state index in [1.54, 1.807) is 18.2 Å². The van der Waals surface area contributed by atoms with Gasteiger partial charge in [-0.15, -0.1) is 0 Å². The van der Waals surface area contributed by atoms with Crippen molar-refractivity contribution in [1.82, 2.24) is 0 Å². The van der Waals surface area contributed by atoms with Gasteiger partial charge >= 0.3 is 0 Å². The predicted molar refractivity (Wildman–Crippen MR) is 87.8 cm³/mol. The minimum Gasteiger partial charge on any atom is -0.218 e. The van der Waals surface area contributed by atoms with Crippen LogP contribution < -0.4 is 0 Å². The van der Waals surface area contributed by atoms with E-state index in [1.807, 2.05) is 48.5 Å². The summed E-state index contributed by atoms with van der Waals surface area (Å²) in [6.45, 7) is 0. The van der Waals surface area contributed by atoms with E-state index in [1.165, 1.54) is 0 Å². The first-order valence-electron chi connectivity index (χ1n) is 6.82. The van der Waals surface area contributed by atoms with Gasteiger partial charge in [-0.25, -0.2) is 8.42 Å². The molecule has 2 nitrogen and oxygen atoms in total. The average molecular weight is 327 g/mol. The zero-order valence-corrected chi connectivity index (χ0v) is 13.0. The van der Waals surface area contributed by atoms with Crippen molar-refractivity contribution in [3.8, 4) is 22.3 Å². The molecular formula is C18H11ClO2S. The van der Waals surface area contributed by atoms with E-state index >= 15 is 0 Å². The lowest BCUT2D eigenvalue weighted by molar-refractivity contribution is 0.598. The topological polar surface area (TPSA) is 34.1 Å². The fourth-order valence-electron chi connectivity index (χ4n) is 2.86. The number of rotatable bonds is 1. The maximum atomic E-state index is 12.6. The van der Waals surface area contributed by atoms with Gasteiger partial charge in [0.05, 0.1) is 9.79 Å². The van der Waals surface area contributed by atoms with Crippen molar-refractivity contribution in [1.29, 1.82) is 0 Å². The van der Waals surface area contributed by atoms with Gasteiger partial charge in [-0.3, -0.25) is 0 Å². The molecular weight excluding hydrogens is 316 g/mol. The molecule has 0 saturated heterocycles. The molecule has 3 aromatic carbocycles. The quantitative estimate of drug-likeness (QED) is 0.502. The Kier molecular flexibility index (Phi) is 2.90. The number of sulfone groups is 1. The van der Waals surface area contributed by atoms with Crippen molar-refractivity contribution < 1.29 is 8.42 Å². The minimum atomic E-state index is -3.40. The number of hydrogen-bond acceptors (Lipinski definition) is 2. The third-order valence-electron chi connectivity index (χ3n) is 3.89. The van der Waals surface area contributed by atoms with Gasteiger partial charge in [-0.2, -0.15) is 0 Å². The first-order chi connectivity index (χ1) is 10.6. The predicted octanol–water partition coefficient (Wildman–Crippen LogP) is 4.82. The Bertz CT molecular complexity index is 1010. The largest absolute Gasteiger partial charge is 0.218 e. The Morgan fingerprint density at radius 2 is 1.41 bits per heavy atom. The molecule has 0 N–H and O–H groups in total. The van der Waals surface area contributed by atoms with E-state index < -0.39 is 9.84 Å². The first-order valence-corrected chi connectivity index (χ1v) is 8.68. The summed E-state index contributed by atoms with van der Waals surface area (Å²) < 4.78 is 25.1. The molecule has 0 fully saturated rings. The molecule has 0 amide bonds. The van der Waals surface area contributed by atoms with Crippen LogP contribution in [0.4, 0.5) is 0 Å². The molecule has 0 radical (unpaired) electrons. The Hall–Kier alpha value is -2.10. The molecule has 0 saturated carbocycles. The van der Waals surface area contributed by atoms with Crippen LogP contribution in [0.2, 0.25) is 5.02 Å². The Balaban J connectivity index is 1.98. The Labute approximate surface area is 133 Å². The zero-order valence-electron chi connectivity index (χ0n) is 11.5. The highest BCUT2D eigenvalue weighted by molar-refractivity contribution is 7.92. The van der Waals surface area contributed by atoms with Crippen LogP contribution in [-0.4, -0.2) is 8.42 Å². The third kappa shape index (κ3) is 1.90. The molecule has 0 atom stereocenters. The summed E-state index contributed by atoms with van der Waals surface area (Å²) >= 11 is 6.04. The van der Waals surface area contributed by atoms with Crippen LogP contribution in [0.15, 0.2) is 76.5 Å². The molecule has 22 heavy (non-hydrogen) atoms. The van der Waals surface area contributed by atoms with Crippen LogP contribution >= 0.6 is 11.6 Å². The van der Waals surface area contributed by atoms with Crippen LogP contribution in [0.25, 0.3) is 22.3 Å². The van der Waals surface area contributed by atoms with Crippen LogP contribution in [0, 0.1) is 0 Å². The highest BCUT2D eigenvalue weighted by atomic mass is 35.5. The van der Waals surface area contributed by atoms with Gasteiger partial charge in [0, 0.05) is 16.1 Å². The molecule has 1 heterocycles. The summed E-state index contributed by atoms with van der Waals surface area (Å²) in [4.78, 5) is 0.757. The van der Waals surface area contributed by atoms with Gasteiger partial charge in [0.2, 0.25) is 9.84 Å². The molecule has 0 aliphatic carbocycles. The Morgan fingerprint density at radius 1 is 0.682 bits per heavy atom. The highest BCUT2D eigenvalue weighted by Gasteiger charge is 2.32. The van der Waals surface area contributed by atoms with E-state index in [2.05, 4.69) is 0 Å². The van der Waals surface area contributed by atoms with Crippen LogP contribution in [0.5, 0.6) is 0 Å². The summed E-state index contributed by atoms with van der Waals surface area (Å²) in [5, 5.41) is 0.658. The van der Waals surface area contributed by atoms with E-state index in [0.29, 0.717) is 14.8 Å². The molecule has 4 rings (SSSR count). The monoisotopic (exact) mass is 326 g/mol. The van der Waals surface area contributed by atoms with Crippen molar-refractivity contribution in [2.45, 2.75) is 9.79 Å². The minimum absolute atomic E-state index is 0.375. The van der Waals surface area contributed by atoms with Crippen molar-refractivity contribution in [3.63, 3.8) is 0 Å². The molecule has 0 spiro atoms. The van der Waals surface area contributed by atoms with E-state index in [0.717, 1.165) is 22.3 Å². The summed E-state index contributed by atoms with van der Waals surface area (Å²) in [6, 6.07) is 20.1. The fourth-order valence-corrected chi connectivity index (χ4v) is 4.72. The average Bonchev–Trinajstić information content (AvgIpc) is 2.76. The highest BCUT2D eigenvalue weighted by Crippen LogP contribution is 2.44. The lowest BCUT2D eigenvalue weighted by Crippen LogP contribution is -1.96. The lowest BCUT2D eigenvalue weighted by Gasteiger charge is -2.05. The maximum absolute atomic E-state index is 12.6. The van der Waals surface area contributed by atoms with Crippen molar-refractivity contribution in [2.75, 3.05) is 0 Å². The van der Waals surface area contributed by atoms with Crippen molar-refractivity contribution >= 4 is 21.4 Å². The first kappa shape index (κ1) is 13.6. The second kappa shape index (κ2) is 4.70. The van der Waals surface area contributed by atoms with Crippen LogP contribution in [0.3, 0.4) is 0 Å². The van der Waals surface area contributed by atoms with Crippen molar-refractivity contribution in [3.05, 3.63) is 71.8 Å². The standard InChI is InChI=1S/C18H11ClO2S/c19-14-5-3-4-12(10-14)13-8-9-18-16(11-13)15-6-1-2-7-17(15)22(18,20)21/h1-11H. The number of fused-ring (bicyclic) bond motifs is 3. The third-order valence-corrected chi connectivity index (χ3v) is 6.00. The van der Waals surface area contributed by atoms with Gasteiger partial charge in [0.15, 0.2) is 0 Å². The molecule has 0 bridgehead atoms. The fraction of sp³-hybridized carbons (Fsp3) is 0. The number of halogens is 1. The summed E-state index contributed by atoms with van der Waals surface area (Å²) in [5.41, 5.74) is 3.44. The smallest absolute Gasteiger partial charge is 0.207 e. The molecule has 1 aliphatic rings. The zero-order chi connectivity index (χ0) is 15.3. The second-order valence-electron chi connectivity index (χ2n) is 5.22. The second-order valence-corrected chi connectivity index (χ2v) is 7.54. The van der Waals surface area contributed by atoms with E-state index in [4.69, 9.17) is 11.6 Å². The summed E-state index contributed by atoms with van der Waals surface area (Å²) in [5.74, 6) is 0. The van der Waals surface area contributed by atoms with Gasteiger partial charge < -0.3 is 0 Å². The molecule has 108 valence electrons. The number of hydrogen-bond donors (Lipinski definition) is 0. The molecule has 1 aliphatic heterocycles. The van der Waals surface area contributed by atoms with Gasteiger partial charge in [-0.05, 0) is 41.5 Å². The molecule has 0 aromatic heterocycles. The Morgan fingerprint density at radius 3 is 2.23 bits per heavy atom. The van der Waals surface area contributed by atoms with Crippen LogP contribution in [0.1, 0.15) is 0 Å². The molecule has 3 aromatic rings. The van der Waals surface area contributed by atoms with E-state index in [9.17, 15) is 8.42 Å². The summed E-state index contributed by atoms with van der Waals surface area (Å²) in [6.07, 6.45) is 0. The van der Waals surface area contributed by atoms with Gasteiger partial charge in [0.25, 0.3) is 0 Å².